The van der Waals surface area contributed by atoms with Crippen LogP contribution in [-0.4, -0.2) is 110 Å². The number of ether oxygens (including phenoxy) is 4. The number of nitrogens with zero attached hydrogens (tertiary/aromatic N) is 3. The Hall–Kier alpha value is -7.55. The Morgan fingerprint density at radius 2 is 1.51 bits per heavy atom. The highest BCUT2D eigenvalue weighted by molar-refractivity contribution is 6.25. The molecule has 3 fully saturated rings. The van der Waals surface area contributed by atoms with Gasteiger partial charge in [0.1, 0.15) is 36.0 Å². The average Bonchev–Trinajstić information content (AvgIpc) is 3.86. The fourth-order valence-electron chi connectivity index (χ4n) is 10.8. The molecule has 9 rings (SSSR count). The van der Waals surface area contributed by atoms with Gasteiger partial charge in [-0.05, 0) is 71.1 Å². The van der Waals surface area contributed by atoms with E-state index in [4.69, 9.17) is 18.9 Å². The number of amides is 4. The Labute approximate surface area is 417 Å². The van der Waals surface area contributed by atoms with Crippen molar-refractivity contribution in [3.05, 3.63) is 155 Å². The standard InChI is InChI=1S/C56H57N5O11/c1-35(2)46(52(65)69-3)58-55(68)60-43-26-21-36(14-12-13-29-62)34-42(43)56(54(60)67)45(51(64)57-39-22-24-40(25-23-39)59-27-31-70-32-28-59)48-53(66)72-49(38-17-8-5-9-18-38)47(37-15-6-4-7-16-37)61(48)50(56)41-19-10-11-20-44(41)71-33-30-63/h4-11,15-26,34-35,45-50,62-63H,13,27-33H2,1-3H3,(H,57,64)(H,58,68). The highest BCUT2D eigenvalue weighted by Crippen LogP contribution is 2.66. The van der Waals surface area contributed by atoms with E-state index in [1.165, 1.54) is 7.11 Å². The number of esters is 2. The van der Waals surface area contributed by atoms with E-state index in [1.807, 2.05) is 77.7 Å². The first-order valence-electron chi connectivity index (χ1n) is 24.1. The highest BCUT2D eigenvalue weighted by atomic mass is 16.6. The summed E-state index contributed by atoms with van der Waals surface area (Å²) < 4.78 is 23.6. The van der Waals surface area contributed by atoms with Crippen molar-refractivity contribution in [3.63, 3.8) is 0 Å². The lowest BCUT2D eigenvalue weighted by atomic mass is 9.65. The minimum absolute atomic E-state index is 0.0769. The molecule has 3 saturated heterocycles. The summed E-state index contributed by atoms with van der Waals surface area (Å²) in [4.78, 5) is 81.8. The van der Waals surface area contributed by atoms with Gasteiger partial charge in [-0.15, -0.1) is 0 Å². The largest absolute Gasteiger partial charge is 0.491 e. The van der Waals surface area contributed by atoms with Gasteiger partial charge >= 0.3 is 18.0 Å². The van der Waals surface area contributed by atoms with Crippen LogP contribution in [0.4, 0.5) is 21.9 Å². The van der Waals surface area contributed by atoms with E-state index in [0.717, 1.165) is 10.6 Å². The molecular weight excluding hydrogens is 919 g/mol. The molecule has 4 N–H and O–H groups in total. The third-order valence-electron chi connectivity index (χ3n) is 13.9. The SMILES string of the molecule is COC(=O)C(NC(=O)N1C(=O)C2(c3cc(C#CCCO)ccc31)C(C(=O)Nc1ccc(N3CCOCC3)cc1)C1C(=O)OC(c3ccccc3)C(c3ccccc3)N1C2c1ccccc1OCCO)C(C)C. The van der Waals surface area contributed by atoms with E-state index < -0.39 is 77.3 Å². The van der Waals surface area contributed by atoms with Crippen LogP contribution in [0.15, 0.2) is 127 Å². The Morgan fingerprint density at radius 1 is 0.833 bits per heavy atom. The van der Waals surface area contributed by atoms with Crippen molar-refractivity contribution in [3.8, 4) is 17.6 Å². The molecule has 16 heteroatoms. The van der Waals surface area contributed by atoms with Crippen LogP contribution in [0.25, 0.3) is 0 Å². The predicted molar refractivity (Wildman–Crippen MR) is 267 cm³/mol. The number of para-hydroxylation sites is 1. The molecular formula is C56H57N5O11. The van der Waals surface area contributed by atoms with Crippen LogP contribution in [0.5, 0.6) is 5.75 Å². The Balaban J connectivity index is 1.34. The van der Waals surface area contributed by atoms with Crippen molar-refractivity contribution in [1.29, 1.82) is 0 Å². The number of imide groups is 1. The molecule has 0 aliphatic carbocycles. The first-order valence-corrected chi connectivity index (χ1v) is 24.1. The summed E-state index contributed by atoms with van der Waals surface area (Å²) in [6.07, 6.45) is -0.857. The molecule has 7 unspecified atom stereocenters. The maximum Gasteiger partial charge on any atom is 0.329 e. The Bertz CT molecular complexity index is 2860. The van der Waals surface area contributed by atoms with Gasteiger partial charge in [-0.1, -0.05) is 105 Å². The van der Waals surface area contributed by atoms with Crippen LogP contribution in [0.2, 0.25) is 0 Å². The van der Waals surface area contributed by atoms with Gasteiger partial charge in [-0.2, -0.15) is 0 Å². The third kappa shape index (κ3) is 9.05. The number of aliphatic hydroxyl groups is 2. The van der Waals surface area contributed by atoms with Crippen LogP contribution < -0.4 is 25.2 Å². The molecule has 372 valence electrons. The monoisotopic (exact) mass is 975 g/mol. The van der Waals surface area contributed by atoms with Gasteiger partial charge in [-0.25, -0.2) is 14.5 Å². The number of morpholine rings is 2. The van der Waals surface area contributed by atoms with Crippen molar-refractivity contribution in [2.75, 3.05) is 68.4 Å². The molecule has 1 spiro atoms. The maximum atomic E-state index is 16.8. The molecule has 4 aliphatic heterocycles. The van der Waals surface area contributed by atoms with E-state index in [9.17, 15) is 15.0 Å². The minimum atomic E-state index is -2.20. The smallest absolute Gasteiger partial charge is 0.329 e. The molecule has 4 aliphatic rings. The normalized spacial score (nSPS) is 22.8. The number of carbonyl (C=O) groups excluding carboxylic acids is 5. The van der Waals surface area contributed by atoms with Crippen LogP contribution in [0, 0.1) is 23.7 Å². The number of hydrogen-bond acceptors (Lipinski definition) is 13. The molecule has 0 bridgehead atoms. The van der Waals surface area contributed by atoms with E-state index in [-0.39, 0.29) is 43.2 Å². The van der Waals surface area contributed by atoms with Gasteiger partial charge in [0.2, 0.25) is 11.8 Å². The highest BCUT2D eigenvalue weighted by Gasteiger charge is 2.76. The van der Waals surface area contributed by atoms with Crippen molar-refractivity contribution in [1.82, 2.24) is 10.2 Å². The van der Waals surface area contributed by atoms with Crippen molar-refractivity contribution in [2.24, 2.45) is 11.8 Å². The Kier molecular flexibility index (Phi) is 14.7. The number of carbonyl (C=O) groups is 5. The third-order valence-corrected chi connectivity index (χ3v) is 13.9. The quantitative estimate of drug-likeness (QED) is 0.0813. The fraction of sp³-hybridized carbons (Fsp3) is 0.339. The number of nitrogens with one attached hydrogen (secondary N) is 2. The number of urea groups is 1. The van der Waals surface area contributed by atoms with Gasteiger partial charge in [0.15, 0.2) is 0 Å². The van der Waals surface area contributed by atoms with Crippen LogP contribution >= 0.6 is 0 Å². The van der Waals surface area contributed by atoms with Crippen LogP contribution in [-0.2, 0) is 38.8 Å². The summed E-state index contributed by atoms with van der Waals surface area (Å²) in [7, 11) is 1.20. The van der Waals surface area contributed by atoms with Gasteiger partial charge < -0.3 is 44.7 Å². The maximum absolute atomic E-state index is 16.8. The first-order chi connectivity index (χ1) is 35.0. The molecule has 0 saturated carbocycles. The minimum Gasteiger partial charge on any atom is -0.491 e. The number of benzene rings is 5. The summed E-state index contributed by atoms with van der Waals surface area (Å²) in [5.41, 5.74) is 1.46. The molecule has 72 heavy (non-hydrogen) atoms. The van der Waals surface area contributed by atoms with E-state index in [2.05, 4.69) is 27.4 Å². The van der Waals surface area contributed by atoms with Crippen molar-refractivity contribution >= 4 is 46.8 Å². The molecule has 4 amide bonds. The second-order valence-electron chi connectivity index (χ2n) is 18.4. The molecule has 16 nitrogen and oxygen atoms in total. The fourth-order valence-corrected chi connectivity index (χ4v) is 10.8. The number of methoxy groups -OCH3 is 1. The lowest BCUT2D eigenvalue weighted by molar-refractivity contribution is -0.178. The molecule has 5 aromatic carbocycles. The summed E-state index contributed by atoms with van der Waals surface area (Å²) in [5, 5.41) is 25.7. The summed E-state index contributed by atoms with van der Waals surface area (Å²) in [5.74, 6) is 1.01. The van der Waals surface area contributed by atoms with Crippen molar-refractivity contribution in [2.45, 2.75) is 56.0 Å². The number of aliphatic hydroxyl groups excluding tert-OH is 2. The number of hydrogen-bond donors (Lipinski definition) is 4. The number of fused-ring (bicyclic) bond motifs is 3. The lowest BCUT2D eigenvalue weighted by Gasteiger charge is -2.46. The average molecular weight is 976 g/mol. The summed E-state index contributed by atoms with van der Waals surface area (Å²) in [6, 6.07) is 31.8. The van der Waals surface area contributed by atoms with Crippen LogP contribution in [0.1, 0.15) is 66.3 Å². The zero-order valence-corrected chi connectivity index (χ0v) is 40.2. The zero-order valence-electron chi connectivity index (χ0n) is 40.2. The number of rotatable bonds is 13. The van der Waals surface area contributed by atoms with Gasteiger partial charge in [0, 0.05) is 42.0 Å². The first kappa shape index (κ1) is 49.4. The molecule has 7 atom stereocenters. The van der Waals surface area contributed by atoms with Gasteiger partial charge in [0.05, 0.1) is 57.2 Å². The summed E-state index contributed by atoms with van der Waals surface area (Å²) >= 11 is 0. The number of cyclic esters (lactones) is 1. The molecule has 0 aromatic heterocycles. The van der Waals surface area contributed by atoms with Gasteiger partial charge in [-0.3, -0.25) is 19.3 Å². The zero-order chi connectivity index (χ0) is 50.5. The Morgan fingerprint density at radius 3 is 2.18 bits per heavy atom. The van der Waals surface area contributed by atoms with Crippen molar-refractivity contribution < 1.29 is 53.1 Å². The molecule has 5 aromatic rings. The van der Waals surface area contributed by atoms with Gasteiger partial charge in [0.25, 0.3) is 0 Å². The summed E-state index contributed by atoms with van der Waals surface area (Å²) in [6.45, 7) is 5.24. The van der Waals surface area contributed by atoms with E-state index >= 15 is 19.2 Å². The second-order valence-corrected chi connectivity index (χ2v) is 18.4. The van der Waals surface area contributed by atoms with Crippen LogP contribution in [0.3, 0.4) is 0 Å². The second kappa shape index (κ2) is 21.4. The topological polar surface area (TPSA) is 197 Å². The molecule has 0 radical (unpaired) electrons. The van der Waals surface area contributed by atoms with E-state index in [1.54, 1.807) is 68.4 Å². The predicted octanol–water partition coefficient (Wildman–Crippen LogP) is 5.84. The van der Waals surface area contributed by atoms with E-state index in [0.29, 0.717) is 54.2 Å². The molecule has 4 heterocycles. The lowest BCUT2D eigenvalue weighted by Crippen LogP contribution is -2.57. The number of anilines is 3.